The van der Waals surface area contributed by atoms with Gasteiger partial charge in [0.1, 0.15) is 17.1 Å². The second kappa shape index (κ2) is 8.45. The Morgan fingerprint density at radius 2 is 1.74 bits per heavy atom. The third-order valence-corrected chi connectivity index (χ3v) is 5.96. The average molecular weight is 454 g/mol. The molecule has 170 valence electrons. The second-order valence-corrected chi connectivity index (χ2v) is 8.29. The number of amides is 2. The van der Waals surface area contributed by atoms with Gasteiger partial charge in [-0.15, -0.1) is 0 Å². The van der Waals surface area contributed by atoms with Crippen molar-refractivity contribution in [2.75, 3.05) is 13.1 Å². The van der Waals surface area contributed by atoms with Gasteiger partial charge in [-0.25, -0.2) is 4.52 Å². The van der Waals surface area contributed by atoms with Crippen LogP contribution in [0.5, 0.6) is 11.5 Å². The number of carbonyl (C=O) groups is 2. The molecule has 1 aliphatic rings. The molecule has 0 saturated carbocycles. The smallest absolute Gasteiger partial charge is 0.298 e. The minimum absolute atomic E-state index is 0.109. The first-order chi connectivity index (χ1) is 16.4. The lowest BCUT2D eigenvalue weighted by atomic mass is 9.93. The van der Waals surface area contributed by atoms with Crippen molar-refractivity contribution < 1.29 is 14.3 Å². The van der Waals surface area contributed by atoms with Gasteiger partial charge in [-0.05, 0) is 56.2 Å². The number of fused-ring (bicyclic) bond motifs is 1. The first-order valence-corrected chi connectivity index (χ1v) is 10.9. The number of aryl methyl sites for hydroxylation is 1. The van der Waals surface area contributed by atoms with Gasteiger partial charge < -0.3 is 20.4 Å². The molecule has 0 bridgehead atoms. The van der Waals surface area contributed by atoms with Crippen LogP contribution in [0.4, 0.5) is 0 Å². The fraction of sp³-hybridized carbons (Fsp3) is 0.192. The maximum atomic E-state index is 12.3. The highest BCUT2D eigenvalue weighted by molar-refractivity contribution is 5.99. The van der Waals surface area contributed by atoms with E-state index in [9.17, 15) is 9.59 Å². The van der Waals surface area contributed by atoms with Crippen LogP contribution >= 0.6 is 0 Å². The Morgan fingerprint density at radius 1 is 1.09 bits per heavy atom. The molecule has 0 atom stereocenters. The lowest BCUT2D eigenvalue weighted by Crippen LogP contribution is -2.47. The maximum absolute atomic E-state index is 12.3. The lowest BCUT2D eigenvalue weighted by molar-refractivity contribution is -0.129. The lowest BCUT2D eigenvalue weighted by Gasteiger charge is -2.37. The number of hydrogen-bond acceptors (Lipinski definition) is 4. The first-order valence-electron chi connectivity index (χ1n) is 10.9. The summed E-state index contributed by atoms with van der Waals surface area (Å²) in [5.74, 6) is 5.96. The molecule has 2 aromatic carbocycles. The first kappa shape index (κ1) is 21.3. The number of aromatic amines is 1. The largest absolute Gasteiger partial charge is 0.457 e. The van der Waals surface area contributed by atoms with E-state index in [0.29, 0.717) is 30.2 Å². The molecular formula is C26H23N5O3. The van der Waals surface area contributed by atoms with Crippen molar-refractivity contribution in [3.63, 3.8) is 0 Å². The molecule has 0 aliphatic carbocycles. The number of hydrogen-bond donors (Lipinski definition) is 2. The number of aromatic nitrogens is 3. The number of primary amides is 1. The number of likely N-dealkylation sites (tertiary alicyclic amines) is 1. The van der Waals surface area contributed by atoms with Crippen molar-refractivity contribution in [2.45, 2.75) is 19.8 Å². The van der Waals surface area contributed by atoms with E-state index in [1.807, 2.05) is 55.5 Å². The number of imidazole rings is 1. The quantitative estimate of drug-likeness (QED) is 0.451. The number of ether oxygens (including phenoxy) is 1. The van der Waals surface area contributed by atoms with Gasteiger partial charge in [0.05, 0.1) is 11.9 Å². The second-order valence-electron chi connectivity index (χ2n) is 8.29. The molecular weight excluding hydrogens is 430 g/mol. The minimum atomic E-state index is -0.584. The molecule has 5 rings (SSSR count). The average Bonchev–Trinajstić information content (AvgIpc) is 3.35. The summed E-state index contributed by atoms with van der Waals surface area (Å²) < 4.78 is 7.45. The molecule has 2 amide bonds. The van der Waals surface area contributed by atoms with Crippen molar-refractivity contribution in [1.29, 1.82) is 0 Å². The molecule has 0 radical (unpaired) electrons. The monoisotopic (exact) mass is 453 g/mol. The zero-order valence-electron chi connectivity index (χ0n) is 18.8. The fourth-order valence-electron chi connectivity index (χ4n) is 4.13. The molecule has 0 spiro atoms. The SMILES string of the molecule is CC#CC(=O)N1CC(c2cnn3c(C(N)=O)c(-c4ccc(Oc5ccc(C)cc5)cc4)[nH]c23)C1. The highest BCUT2D eigenvalue weighted by Crippen LogP contribution is 2.33. The van der Waals surface area contributed by atoms with Crippen LogP contribution in [0.15, 0.2) is 54.7 Å². The molecule has 1 fully saturated rings. The number of benzene rings is 2. The molecule has 34 heavy (non-hydrogen) atoms. The van der Waals surface area contributed by atoms with Crippen LogP contribution in [0.2, 0.25) is 0 Å². The van der Waals surface area contributed by atoms with Gasteiger partial charge in [-0.2, -0.15) is 5.10 Å². The molecule has 2 aromatic heterocycles. The molecule has 0 unspecified atom stereocenters. The van der Waals surface area contributed by atoms with E-state index in [-0.39, 0.29) is 17.5 Å². The van der Waals surface area contributed by atoms with Crippen LogP contribution in [0.25, 0.3) is 16.9 Å². The van der Waals surface area contributed by atoms with Gasteiger partial charge in [0.25, 0.3) is 11.8 Å². The summed E-state index contributed by atoms with van der Waals surface area (Å²) in [4.78, 5) is 29.3. The number of nitrogens with one attached hydrogen (secondary N) is 1. The summed E-state index contributed by atoms with van der Waals surface area (Å²) in [6.07, 6.45) is 1.72. The van der Waals surface area contributed by atoms with Crippen molar-refractivity contribution in [3.8, 4) is 34.6 Å². The van der Waals surface area contributed by atoms with E-state index < -0.39 is 5.91 Å². The Labute approximate surface area is 196 Å². The van der Waals surface area contributed by atoms with Crippen molar-refractivity contribution >= 4 is 17.5 Å². The molecule has 1 saturated heterocycles. The van der Waals surface area contributed by atoms with E-state index in [1.165, 1.54) is 0 Å². The summed E-state index contributed by atoms with van der Waals surface area (Å²) in [7, 11) is 0. The Balaban J connectivity index is 1.42. The van der Waals surface area contributed by atoms with Crippen LogP contribution in [0, 0.1) is 18.8 Å². The Hall–Kier alpha value is -4.51. The summed E-state index contributed by atoms with van der Waals surface area (Å²) in [6, 6.07) is 15.2. The summed E-state index contributed by atoms with van der Waals surface area (Å²) >= 11 is 0. The summed E-state index contributed by atoms with van der Waals surface area (Å²) in [5.41, 5.74) is 10.2. The Bertz CT molecular complexity index is 1450. The standard InChI is InChI=1S/C26H23N5O3/c1-3-4-22(32)30-14-18(15-30)21-13-28-31-24(25(27)33)23(29-26(21)31)17-7-11-20(12-8-17)34-19-9-5-16(2)6-10-19/h5-13,18,29H,14-15H2,1-2H3,(H2,27,33). The number of rotatable bonds is 5. The van der Waals surface area contributed by atoms with E-state index in [4.69, 9.17) is 10.5 Å². The van der Waals surface area contributed by atoms with Crippen LogP contribution in [0.1, 0.15) is 34.5 Å². The number of carbonyl (C=O) groups excluding carboxylic acids is 2. The zero-order valence-corrected chi connectivity index (χ0v) is 18.8. The number of nitrogens with two attached hydrogens (primary N) is 1. The van der Waals surface area contributed by atoms with Crippen LogP contribution in [-0.2, 0) is 4.79 Å². The summed E-state index contributed by atoms with van der Waals surface area (Å²) in [5, 5.41) is 4.40. The third kappa shape index (κ3) is 3.77. The maximum Gasteiger partial charge on any atom is 0.298 e. The predicted octanol–water partition coefficient (Wildman–Crippen LogP) is 3.48. The van der Waals surface area contributed by atoms with Crippen LogP contribution in [0.3, 0.4) is 0 Å². The topological polar surface area (TPSA) is 106 Å². The van der Waals surface area contributed by atoms with Gasteiger partial charge in [0, 0.05) is 30.1 Å². The van der Waals surface area contributed by atoms with Gasteiger partial charge >= 0.3 is 0 Å². The third-order valence-electron chi connectivity index (χ3n) is 5.96. The molecule has 8 heteroatoms. The molecule has 3 heterocycles. The van der Waals surface area contributed by atoms with Gasteiger partial charge in [0.15, 0.2) is 5.69 Å². The number of H-pyrrole nitrogens is 1. The van der Waals surface area contributed by atoms with E-state index >= 15 is 0 Å². The Kier molecular flexibility index (Phi) is 5.30. The Morgan fingerprint density at radius 3 is 2.35 bits per heavy atom. The van der Waals surface area contributed by atoms with Crippen molar-refractivity contribution in [1.82, 2.24) is 19.5 Å². The number of nitrogens with zero attached hydrogens (tertiary/aromatic N) is 3. The molecule has 1 aliphatic heterocycles. The van der Waals surface area contributed by atoms with Gasteiger partial charge in [0.2, 0.25) is 0 Å². The van der Waals surface area contributed by atoms with Gasteiger partial charge in [-0.1, -0.05) is 23.6 Å². The predicted molar refractivity (Wildman–Crippen MR) is 128 cm³/mol. The molecule has 4 aromatic rings. The minimum Gasteiger partial charge on any atom is -0.457 e. The highest BCUT2D eigenvalue weighted by atomic mass is 16.5. The zero-order chi connectivity index (χ0) is 23.8. The summed E-state index contributed by atoms with van der Waals surface area (Å²) in [6.45, 7) is 4.78. The van der Waals surface area contributed by atoms with E-state index in [2.05, 4.69) is 21.9 Å². The molecule has 3 N–H and O–H groups in total. The normalized spacial score (nSPS) is 13.3. The fourth-order valence-corrected chi connectivity index (χ4v) is 4.13. The van der Waals surface area contributed by atoms with Gasteiger partial charge in [-0.3, -0.25) is 9.59 Å². The van der Waals surface area contributed by atoms with Crippen LogP contribution < -0.4 is 10.5 Å². The highest BCUT2D eigenvalue weighted by Gasteiger charge is 2.34. The van der Waals surface area contributed by atoms with Crippen molar-refractivity contribution in [3.05, 3.63) is 71.5 Å². The van der Waals surface area contributed by atoms with E-state index in [0.717, 1.165) is 22.4 Å². The van der Waals surface area contributed by atoms with Crippen LogP contribution in [-0.4, -0.2) is 44.4 Å². The van der Waals surface area contributed by atoms with Crippen molar-refractivity contribution in [2.24, 2.45) is 5.73 Å². The molecule has 8 nitrogen and oxygen atoms in total. The van der Waals surface area contributed by atoms with E-state index in [1.54, 1.807) is 22.5 Å².